The number of benzene rings is 1. The van der Waals surface area contributed by atoms with Crippen LogP contribution in [0.5, 0.6) is 0 Å². The Morgan fingerprint density at radius 2 is 1.94 bits per heavy atom. The molecule has 5 nitrogen and oxygen atoms in total. The molecule has 0 spiro atoms. The van der Waals surface area contributed by atoms with Crippen LogP contribution in [0.4, 0.5) is 0 Å². The molecule has 5 heteroatoms. The first kappa shape index (κ1) is 14.2. The van der Waals surface area contributed by atoms with Gasteiger partial charge in [0, 0.05) is 13.6 Å². The lowest BCUT2D eigenvalue weighted by atomic mass is 10.1. The minimum Gasteiger partial charge on any atom is -0.481 e. The third kappa shape index (κ3) is 4.18. The number of carboxylic acid groups (broad SMARTS) is 1. The van der Waals surface area contributed by atoms with Gasteiger partial charge in [0.05, 0.1) is 12.5 Å². The molecule has 0 fully saturated rings. The highest BCUT2D eigenvalue weighted by Crippen LogP contribution is 2.05. The van der Waals surface area contributed by atoms with Gasteiger partial charge in [-0.1, -0.05) is 30.3 Å². The molecule has 1 aromatic rings. The van der Waals surface area contributed by atoms with E-state index in [9.17, 15) is 9.59 Å². The predicted molar refractivity (Wildman–Crippen MR) is 68.0 cm³/mol. The van der Waals surface area contributed by atoms with Crippen LogP contribution in [0.3, 0.4) is 0 Å². The number of aliphatic carboxylic acids is 1. The van der Waals surface area contributed by atoms with E-state index in [-0.39, 0.29) is 12.3 Å². The molecule has 0 aliphatic carbocycles. The average molecular weight is 250 g/mol. The summed E-state index contributed by atoms with van der Waals surface area (Å²) in [6.07, 6.45) is -0.214. The first-order chi connectivity index (χ1) is 8.54. The third-order valence-corrected chi connectivity index (χ3v) is 2.66. The number of likely N-dealkylation sites (N-methyl/N-ethyl adjacent to an activating group) is 2. The molecule has 0 aromatic heterocycles. The van der Waals surface area contributed by atoms with Gasteiger partial charge in [0.1, 0.15) is 0 Å². The summed E-state index contributed by atoms with van der Waals surface area (Å²) in [6, 6.07) is 8.88. The maximum absolute atomic E-state index is 12.0. The number of nitrogens with one attached hydrogen (secondary N) is 1. The number of hydrogen-bond acceptors (Lipinski definition) is 3. The average Bonchev–Trinajstić information content (AvgIpc) is 2.36. The van der Waals surface area contributed by atoms with Gasteiger partial charge in [0.15, 0.2) is 0 Å². The lowest BCUT2D eigenvalue weighted by Crippen LogP contribution is -2.44. The summed E-state index contributed by atoms with van der Waals surface area (Å²) in [6.45, 7) is 0.470. The Kier molecular flexibility index (Phi) is 5.32. The maximum Gasteiger partial charge on any atom is 0.305 e. The number of carboxylic acids is 1. The number of rotatable bonds is 6. The minimum atomic E-state index is -0.990. The summed E-state index contributed by atoms with van der Waals surface area (Å²) >= 11 is 0. The van der Waals surface area contributed by atoms with Crippen LogP contribution in [0.1, 0.15) is 12.0 Å². The van der Waals surface area contributed by atoms with E-state index in [0.717, 1.165) is 5.56 Å². The molecule has 0 saturated heterocycles. The van der Waals surface area contributed by atoms with E-state index in [1.807, 2.05) is 30.3 Å². The summed E-state index contributed by atoms with van der Waals surface area (Å²) < 4.78 is 0. The second kappa shape index (κ2) is 6.76. The highest BCUT2D eigenvalue weighted by atomic mass is 16.4. The van der Waals surface area contributed by atoms with Crippen molar-refractivity contribution in [1.82, 2.24) is 10.2 Å². The third-order valence-electron chi connectivity index (χ3n) is 2.66. The molecule has 0 unspecified atom stereocenters. The van der Waals surface area contributed by atoms with Crippen molar-refractivity contribution in [2.75, 3.05) is 14.1 Å². The van der Waals surface area contributed by atoms with Crippen molar-refractivity contribution in [3.05, 3.63) is 35.9 Å². The van der Waals surface area contributed by atoms with E-state index < -0.39 is 12.0 Å². The van der Waals surface area contributed by atoms with Crippen molar-refractivity contribution < 1.29 is 14.7 Å². The van der Waals surface area contributed by atoms with E-state index in [0.29, 0.717) is 6.54 Å². The van der Waals surface area contributed by atoms with Crippen LogP contribution in [0.15, 0.2) is 30.3 Å². The fourth-order valence-corrected chi connectivity index (χ4v) is 1.69. The Hall–Kier alpha value is -1.88. The van der Waals surface area contributed by atoms with Gasteiger partial charge >= 0.3 is 5.97 Å². The number of hydrogen-bond donors (Lipinski definition) is 2. The molecule has 1 aromatic carbocycles. The fourth-order valence-electron chi connectivity index (χ4n) is 1.69. The smallest absolute Gasteiger partial charge is 0.305 e. The topological polar surface area (TPSA) is 69.6 Å². The van der Waals surface area contributed by atoms with Gasteiger partial charge in [-0.25, -0.2) is 0 Å². The predicted octanol–water partition coefficient (Wildman–Crippen LogP) is 0.708. The van der Waals surface area contributed by atoms with Crippen LogP contribution in [-0.4, -0.2) is 42.0 Å². The summed E-state index contributed by atoms with van der Waals surface area (Å²) in [7, 11) is 3.25. The first-order valence-electron chi connectivity index (χ1n) is 5.72. The highest BCUT2D eigenvalue weighted by molar-refractivity contribution is 5.86. The van der Waals surface area contributed by atoms with Crippen LogP contribution < -0.4 is 5.32 Å². The minimum absolute atomic E-state index is 0.214. The van der Waals surface area contributed by atoms with Crippen molar-refractivity contribution in [3.63, 3.8) is 0 Å². The Bertz CT molecular complexity index is 406. The zero-order valence-electron chi connectivity index (χ0n) is 10.6. The zero-order chi connectivity index (χ0) is 13.5. The van der Waals surface area contributed by atoms with E-state index in [4.69, 9.17) is 5.11 Å². The van der Waals surface area contributed by atoms with Crippen LogP contribution in [-0.2, 0) is 16.1 Å². The summed E-state index contributed by atoms with van der Waals surface area (Å²) in [5, 5.41) is 11.5. The van der Waals surface area contributed by atoms with Crippen LogP contribution >= 0.6 is 0 Å². The molecule has 0 aliphatic rings. The van der Waals surface area contributed by atoms with Crippen LogP contribution in [0.2, 0.25) is 0 Å². The number of nitrogens with zero attached hydrogens (tertiary/aromatic N) is 1. The molecule has 0 radical (unpaired) electrons. The van der Waals surface area contributed by atoms with Crippen molar-refractivity contribution >= 4 is 11.9 Å². The van der Waals surface area contributed by atoms with E-state index in [1.165, 1.54) is 4.90 Å². The van der Waals surface area contributed by atoms with E-state index in [1.54, 1.807) is 14.1 Å². The number of carbonyl (C=O) groups is 2. The molecule has 0 aliphatic heterocycles. The summed E-state index contributed by atoms with van der Waals surface area (Å²) in [5.41, 5.74) is 1.01. The second-order valence-electron chi connectivity index (χ2n) is 4.12. The molecular formula is C13H18N2O3. The molecular weight excluding hydrogens is 232 g/mol. The standard InChI is InChI=1S/C13H18N2O3/c1-14-11(8-12(16)17)13(18)15(2)9-10-6-4-3-5-7-10/h3-7,11,14H,8-9H2,1-2H3,(H,16,17)/t11-/m0/s1. The molecule has 1 amide bonds. The monoisotopic (exact) mass is 250 g/mol. The van der Waals surface area contributed by atoms with E-state index in [2.05, 4.69) is 5.32 Å². The van der Waals surface area contributed by atoms with Gasteiger partial charge in [-0.05, 0) is 12.6 Å². The summed E-state index contributed by atoms with van der Waals surface area (Å²) in [4.78, 5) is 24.2. The molecule has 18 heavy (non-hydrogen) atoms. The Labute approximate surface area is 106 Å². The molecule has 0 bridgehead atoms. The van der Waals surface area contributed by atoms with Crippen molar-refractivity contribution in [2.45, 2.75) is 19.0 Å². The van der Waals surface area contributed by atoms with Crippen molar-refractivity contribution in [2.24, 2.45) is 0 Å². The highest BCUT2D eigenvalue weighted by Gasteiger charge is 2.22. The Morgan fingerprint density at radius 1 is 1.33 bits per heavy atom. The van der Waals surface area contributed by atoms with Crippen molar-refractivity contribution in [3.8, 4) is 0 Å². The zero-order valence-corrected chi connectivity index (χ0v) is 10.6. The van der Waals surface area contributed by atoms with Gasteiger partial charge in [0.25, 0.3) is 0 Å². The van der Waals surface area contributed by atoms with Gasteiger partial charge < -0.3 is 15.3 Å². The lowest BCUT2D eigenvalue weighted by molar-refractivity contribution is -0.142. The van der Waals surface area contributed by atoms with E-state index >= 15 is 0 Å². The van der Waals surface area contributed by atoms with Gasteiger partial charge in [0.2, 0.25) is 5.91 Å². The Morgan fingerprint density at radius 3 is 2.44 bits per heavy atom. The Balaban J connectivity index is 2.62. The molecule has 0 heterocycles. The lowest BCUT2D eigenvalue weighted by Gasteiger charge is -2.22. The van der Waals surface area contributed by atoms with Gasteiger partial charge in [-0.15, -0.1) is 0 Å². The second-order valence-corrected chi connectivity index (χ2v) is 4.12. The van der Waals surface area contributed by atoms with Gasteiger partial charge in [-0.3, -0.25) is 9.59 Å². The molecule has 2 N–H and O–H groups in total. The largest absolute Gasteiger partial charge is 0.481 e. The molecule has 1 atom stereocenters. The normalized spacial score (nSPS) is 11.9. The maximum atomic E-state index is 12.0. The number of amides is 1. The van der Waals surface area contributed by atoms with Crippen molar-refractivity contribution in [1.29, 1.82) is 0 Å². The van der Waals surface area contributed by atoms with Gasteiger partial charge in [-0.2, -0.15) is 0 Å². The summed E-state index contributed by atoms with van der Waals surface area (Å²) in [5.74, 6) is -1.21. The fraction of sp³-hybridized carbons (Fsp3) is 0.385. The SMILES string of the molecule is CN[C@@H](CC(=O)O)C(=O)N(C)Cc1ccccc1. The molecule has 0 saturated carbocycles. The number of carbonyl (C=O) groups excluding carboxylic acids is 1. The molecule has 1 rings (SSSR count). The quantitative estimate of drug-likeness (QED) is 0.780. The van der Waals surface area contributed by atoms with Crippen LogP contribution in [0, 0.1) is 0 Å². The molecule has 98 valence electrons. The van der Waals surface area contributed by atoms with Crippen LogP contribution in [0.25, 0.3) is 0 Å². The first-order valence-corrected chi connectivity index (χ1v) is 5.72.